The molecule has 0 radical (unpaired) electrons. The smallest absolute Gasteiger partial charge is 0.242 e. The number of anilines is 3. The minimum atomic E-state index is 0.461. The third kappa shape index (κ3) is 3.68. The molecule has 0 atom stereocenters. The quantitative estimate of drug-likeness (QED) is 0.300. The molecule has 0 bridgehead atoms. The maximum absolute atomic E-state index is 4.96. The van der Waals surface area contributed by atoms with Gasteiger partial charge in [-0.05, 0) is 48.5 Å². The molecule has 0 aliphatic carbocycles. The zero-order chi connectivity index (χ0) is 24.6. The Morgan fingerprint density at radius 1 is 0.459 bits per heavy atom. The molecule has 0 spiro atoms. The van der Waals surface area contributed by atoms with Crippen LogP contribution in [0.3, 0.4) is 0 Å². The Bertz CT molecular complexity index is 1710. The SMILES string of the molecule is c1ccc(N(c2ccccc2)c2nc(-n3cnc4ccccc43)nc(-n3cnc4ccccc43)n2)cc1. The number of hydrogen-bond donors (Lipinski definition) is 0. The van der Waals surface area contributed by atoms with Crippen LogP contribution in [0.1, 0.15) is 0 Å². The van der Waals surface area contributed by atoms with Crippen LogP contribution in [0, 0.1) is 0 Å². The van der Waals surface area contributed by atoms with Gasteiger partial charge in [0, 0.05) is 11.4 Å². The van der Waals surface area contributed by atoms with Crippen LogP contribution in [0.25, 0.3) is 34.0 Å². The second kappa shape index (κ2) is 8.69. The summed E-state index contributed by atoms with van der Waals surface area (Å²) in [6.45, 7) is 0. The van der Waals surface area contributed by atoms with Gasteiger partial charge in [-0.3, -0.25) is 14.0 Å². The van der Waals surface area contributed by atoms with Crippen molar-refractivity contribution in [2.24, 2.45) is 0 Å². The van der Waals surface area contributed by atoms with Gasteiger partial charge in [-0.15, -0.1) is 0 Å². The van der Waals surface area contributed by atoms with Gasteiger partial charge >= 0.3 is 0 Å². The van der Waals surface area contributed by atoms with E-state index in [4.69, 9.17) is 15.0 Å². The van der Waals surface area contributed by atoms with Crippen LogP contribution in [-0.4, -0.2) is 34.1 Å². The number of fused-ring (bicyclic) bond motifs is 2. The van der Waals surface area contributed by atoms with Gasteiger partial charge in [-0.1, -0.05) is 60.7 Å². The fourth-order valence-electron chi connectivity index (χ4n) is 4.43. The van der Waals surface area contributed by atoms with Crippen LogP contribution >= 0.6 is 0 Å². The summed E-state index contributed by atoms with van der Waals surface area (Å²) in [4.78, 5) is 25.9. The molecule has 0 amide bonds. The van der Waals surface area contributed by atoms with Crippen molar-refractivity contribution in [2.45, 2.75) is 0 Å². The Kier molecular flexibility index (Phi) is 4.92. The lowest BCUT2D eigenvalue weighted by Crippen LogP contribution is -2.17. The summed E-state index contributed by atoms with van der Waals surface area (Å²) in [6, 6.07) is 36.0. The Morgan fingerprint density at radius 2 is 0.892 bits per heavy atom. The van der Waals surface area contributed by atoms with E-state index in [1.807, 2.05) is 123 Å². The van der Waals surface area contributed by atoms with E-state index in [1.165, 1.54) is 0 Å². The number of rotatable bonds is 5. The van der Waals surface area contributed by atoms with Gasteiger partial charge in [-0.2, -0.15) is 15.0 Å². The molecule has 7 rings (SSSR count). The largest absolute Gasteiger partial charge is 0.279 e. The fraction of sp³-hybridized carbons (Fsp3) is 0. The summed E-state index contributed by atoms with van der Waals surface area (Å²) >= 11 is 0. The molecular formula is C29H20N8. The second-order valence-electron chi connectivity index (χ2n) is 8.45. The van der Waals surface area contributed by atoms with Crippen LogP contribution in [-0.2, 0) is 0 Å². The van der Waals surface area contributed by atoms with E-state index in [0.717, 1.165) is 33.4 Å². The first-order chi connectivity index (χ1) is 18.3. The van der Waals surface area contributed by atoms with E-state index in [0.29, 0.717) is 17.8 Å². The van der Waals surface area contributed by atoms with E-state index in [2.05, 4.69) is 9.97 Å². The van der Waals surface area contributed by atoms with Crippen LogP contribution in [0.2, 0.25) is 0 Å². The van der Waals surface area contributed by atoms with Gasteiger partial charge in [0.1, 0.15) is 12.7 Å². The lowest BCUT2D eigenvalue weighted by atomic mass is 10.2. The minimum Gasteiger partial charge on any atom is -0.279 e. The predicted octanol–water partition coefficient (Wildman–Crippen LogP) is 6.02. The summed E-state index contributed by atoms with van der Waals surface area (Å²) in [5, 5.41) is 0. The average molecular weight is 481 g/mol. The van der Waals surface area contributed by atoms with E-state index >= 15 is 0 Å². The van der Waals surface area contributed by atoms with Gasteiger partial charge in [-0.25, -0.2) is 9.97 Å². The van der Waals surface area contributed by atoms with Gasteiger partial charge < -0.3 is 0 Å². The van der Waals surface area contributed by atoms with Crippen molar-refractivity contribution in [3.63, 3.8) is 0 Å². The first-order valence-corrected chi connectivity index (χ1v) is 11.9. The highest BCUT2D eigenvalue weighted by Gasteiger charge is 2.20. The van der Waals surface area contributed by atoms with Crippen LogP contribution in [0.5, 0.6) is 0 Å². The van der Waals surface area contributed by atoms with E-state index in [-0.39, 0.29) is 0 Å². The van der Waals surface area contributed by atoms with Crippen molar-refractivity contribution < 1.29 is 0 Å². The normalized spacial score (nSPS) is 11.2. The standard InChI is InChI=1S/C29H20N8/c1-3-11-21(12-4-1)37(22-13-5-2-6-14-22)29-33-27(35-19-30-23-15-7-9-17-25(23)35)32-28(34-29)36-20-31-24-16-8-10-18-26(24)36/h1-20H. The predicted molar refractivity (Wildman–Crippen MR) is 144 cm³/mol. The molecule has 8 nitrogen and oxygen atoms in total. The third-order valence-corrected chi connectivity index (χ3v) is 6.17. The fourth-order valence-corrected chi connectivity index (χ4v) is 4.43. The summed E-state index contributed by atoms with van der Waals surface area (Å²) in [6.07, 6.45) is 3.49. The molecule has 176 valence electrons. The number of hydrogen-bond acceptors (Lipinski definition) is 6. The summed E-state index contributed by atoms with van der Waals surface area (Å²) < 4.78 is 3.77. The molecule has 0 saturated carbocycles. The lowest BCUT2D eigenvalue weighted by molar-refractivity contribution is 0.851. The monoisotopic (exact) mass is 480 g/mol. The minimum absolute atomic E-state index is 0.461. The van der Waals surface area contributed by atoms with Gasteiger partial charge in [0.2, 0.25) is 17.8 Å². The Morgan fingerprint density at radius 3 is 1.38 bits per heavy atom. The van der Waals surface area contributed by atoms with Crippen molar-refractivity contribution in [1.29, 1.82) is 0 Å². The Hall–Kier alpha value is -5.37. The summed E-state index contributed by atoms with van der Waals surface area (Å²) in [7, 11) is 0. The third-order valence-electron chi connectivity index (χ3n) is 6.17. The molecule has 0 unspecified atom stereocenters. The molecule has 4 aromatic carbocycles. The van der Waals surface area contributed by atoms with E-state index < -0.39 is 0 Å². The van der Waals surface area contributed by atoms with Crippen molar-refractivity contribution in [3.8, 4) is 11.9 Å². The molecule has 0 fully saturated rings. The molecule has 0 aliphatic rings. The summed E-state index contributed by atoms with van der Waals surface area (Å²) in [5.41, 5.74) is 5.41. The topological polar surface area (TPSA) is 77.5 Å². The molecule has 3 aromatic heterocycles. The van der Waals surface area contributed by atoms with Gasteiger partial charge in [0.25, 0.3) is 0 Å². The maximum Gasteiger partial charge on any atom is 0.242 e. The molecular weight excluding hydrogens is 460 g/mol. The molecule has 8 heteroatoms. The van der Waals surface area contributed by atoms with Crippen molar-refractivity contribution >= 4 is 39.4 Å². The molecule has 7 aromatic rings. The number of nitrogens with zero attached hydrogens (tertiary/aromatic N) is 8. The molecule has 0 saturated heterocycles. The average Bonchev–Trinajstić information content (AvgIpc) is 3.59. The molecule has 0 N–H and O–H groups in total. The highest BCUT2D eigenvalue weighted by atomic mass is 15.4. The van der Waals surface area contributed by atoms with Crippen molar-refractivity contribution in [2.75, 3.05) is 4.90 Å². The number of imidazole rings is 2. The first kappa shape index (κ1) is 21.0. The Labute approximate surface area is 212 Å². The number of aromatic nitrogens is 7. The summed E-state index contributed by atoms with van der Waals surface area (Å²) in [5.74, 6) is 1.40. The van der Waals surface area contributed by atoms with Gasteiger partial charge in [0.15, 0.2) is 0 Å². The number of para-hydroxylation sites is 6. The van der Waals surface area contributed by atoms with Crippen LogP contribution in [0.15, 0.2) is 122 Å². The molecule has 37 heavy (non-hydrogen) atoms. The zero-order valence-corrected chi connectivity index (χ0v) is 19.6. The van der Waals surface area contributed by atoms with Gasteiger partial charge in [0.05, 0.1) is 22.1 Å². The van der Waals surface area contributed by atoms with Crippen molar-refractivity contribution in [1.82, 2.24) is 34.1 Å². The first-order valence-electron chi connectivity index (χ1n) is 11.9. The Balaban J connectivity index is 1.51. The molecule has 3 heterocycles. The second-order valence-corrected chi connectivity index (χ2v) is 8.45. The number of benzene rings is 4. The zero-order valence-electron chi connectivity index (χ0n) is 19.6. The van der Waals surface area contributed by atoms with Crippen LogP contribution < -0.4 is 4.90 Å². The maximum atomic E-state index is 4.96. The van der Waals surface area contributed by atoms with Crippen LogP contribution in [0.4, 0.5) is 17.3 Å². The van der Waals surface area contributed by atoms with E-state index in [9.17, 15) is 0 Å². The lowest BCUT2D eigenvalue weighted by Gasteiger charge is -2.23. The molecule has 0 aliphatic heterocycles. The van der Waals surface area contributed by atoms with E-state index in [1.54, 1.807) is 12.7 Å². The van der Waals surface area contributed by atoms with Crippen molar-refractivity contribution in [3.05, 3.63) is 122 Å². The highest BCUT2D eigenvalue weighted by Crippen LogP contribution is 2.33. The highest BCUT2D eigenvalue weighted by molar-refractivity contribution is 5.78.